The Labute approximate surface area is 95.4 Å². The summed E-state index contributed by atoms with van der Waals surface area (Å²) in [6.45, 7) is 0.537. The number of primary amides is 1. The van der Waals surface area contributed by atoms with Crippen LogP contribution in [0.4, 0.5) is 0 Å². The summed E-state index contributed by atoms with van der Waals surface area (Å²) in [5, 5.41) is 12.3. The quantitative estimate of drug-likeness (QED) is 0.581. The van der Waals surface area contributed by atoms with Crippen molar-refractivity contribution < 1.29 is 14.7 Å². The lowest BCUT2D eigenvalue weighted by molar-refractivity contribution is -0.146. The maximum Gasteiger partial charge on any atom is 0.323 e. The number of carbonyl (C=O) groups excluding carboxylic acids is 1. The molecular weight excluding hydrogens is 208 g/mol. The molecule has 0 unspecified atom stereocenters. The molecule has 92 valence electrons. The van der Waals surface area contributed by atoms with Gasteiger partial charge in [0.15, 0.2) is 0 Å². The third kappa shape index (κ3) is 3.48. The van der Waals surface area contributed by atoms with Crippen LogP contribution in [0.3, 0.4) is 0 Å². The molecule has 0 aromatic rings. The zero-order chi connectivity index (χ0) is 12.0. The normalized spacial score (nSPS) is 19.2. The van der Waals surface area contributed by atoms with Gasteiger partial charge in [-0.1, -0.05) is 19.3 Å². The maximum atomic E-state index is 11.3. The highest BCUT2D eigenvalue weighted by atomic mass is 16.4. The summed E-state index contributed by atoms with van der Waals surface area (Å²) in [6, 6.07) is 0. The van der Waals surface area contributed by atoms with E-state index in [0.717, 1.165) is 19.3 Å². The minimum Gasteiger partial charge on any atom is -0.480 e. The molecule has 0 saturated heterocycles. The van der Waals surface area contributed by atoms with E-state index in [9.17, 15) is 14.7 Å². The van der Waals surface area contributed by atoms with Crippen LogP contribution in [0.2, 0.25) is 0 Å². The first-order chi connectivity index (χ1) is 7.57. The number of nitrogens with one attached hydrogen (secondary N) is 1. The van der Waals surface area contributed by atoms with Crippen LogP contribution in [0.25, 0.3) is 0 Å². The van der Waals surface area contributed by atoms with Gasteiger partial charge in [0.25, 0.3) is 0 Å². The fraction of sp³-hybridized carbons (Fsp3) is 0.818. The minimum absolute atomic E-state index is 0.308. The SMILES string of the molecule is NC(=O)CCCNC1(C(=O)O)CCCCC1. The van der Waals surface area contributed by atoms with Gasteiger partial charge in [-0.05, 0) is 25.8 Å². The molecule has 0 spiro atoms. The van der Waals surface area contributed by atoms with Crippen molar-refractivity contribution in [2.75, 3.05) is 6.54 Å². The molecule has 0 aromatic heterocycles. The molecule has 5 nitrogen and oxygen atoms in total. The molecule has 5 heteroatoms. The summed E-state index contributed by atoms with van der Waals surface area (Å²) in [5.74, 6) is -1.11. The largest absolute Gasteiger partial charge is 0.480 e. The number of carbonyl (C=O) groups is 2. The van der Waals surface area contributed by atoms with Crippen LogP contribution in [-0.2, 0) is 9.59 Å². The van der Waals surface area contributed by atoms with Crippen LogP contribution in [0.1, 0.15) is 44.9 Å². The molecule has 0 radical (unpaired) electrons. The summed E-state index contributed by atoms with van der Waals surface area (Å²) in [4.78, 5) is 21.8. The van der Waals surface area contributed by atoms with Crippen molar-refractivity contribution >= 4 is 11.9 Å². The third-order valence-corrected chi connectivity index (χ3v) is 3.18. The molecular formula is C11H20N2O3. The van der Waals surface area contributed by atoms with Crippen LogP contribution in [0.5, 0.6) is 0 Å². The zero-order valence-corrected chi connectivity index (χ0v) is 9.50. The first-order valence-electron chi connectivity index (χ1n) is 5.83. The van der Waals surface area contributed by atoms with Gasteiger partial charge in [0.05, 0.1) is 0 Å². The van der Waals surface area contributed by atoms with E-state index in [2.05, 4.69) is 5.32 Å². The van der Waals surface area contributed by atoms with Crippen molar-refractivity contribution in [2.45, 2.75) is 50.5 Å². The monoisotopic (exact) mass is 228 g/mol. The first kappa shape index (κ1) is 13.0. The topological polar surface area (TPSA) is 92.4 Å². The van der Waals surface area contributed by atoms with Crippen molar-refractivity contribution in [3.8, 4) is 0 Å². The molecule has 0 heterocycles. The average Bonchev–Trinajstić information content (AvgIpc) is 2.25. The number of hydrogen-bond acceptors (Lipinski definition) is 3. The number of amides is 1. The summed E-state index contributed by atoms with van der Waals surface area (Å²) >= 11 is 0. The lowest BCUT2D eigenvalue weighted by Crippen LogP contribution is -2.53. The van der Waals surface area contributed by atoms with Crippen LogP contribution in [-0.4, -0.2) is 29.1 Å². The second kappa shape index (κ2) is 5.84. The molecule has 0 bridgehead atoms. The van der Waals surface area contributed by atoms with E-state index in [1.54, 1.807) is 0 Å². The second-order valence-corrected chi connectivity index (χ2v) is 4.44. The van der Waals surface area contributed by atoms with Gasteiger partial charge in [0.1, 0.15) is 5.54 Å². The molecule has 1 fully saturated rings. The lowest BCUT2D eigenvalue weighted by Gasteiger charge is -2.34. The molecule has 16 heavy (non-hydrogen) atoms. The van der Waals surface area contributed by atoms with Crippen molar-refractivity contribution in [2.24, 2.45) is 5.73 Å². The molecule has 4 N–H and O–H groups in total. The first-order valence-corrected chi connectivity index (χ1v) is 5.83. The van der Waals surface area contributed by atoms with Crippen LogP contribution >= 0.6 is 0 Å². The lowest BCUT2D eigenvalue weighted by atomic mass is 9.81. The minimum atomic E-state index is -0.772. The highest BCUT2D eigenvalue weighted by Gasteiger charge is 2.38. The fourth-order valence-corrected chi connectivity index (χ4v) is 2.21. The van der Waals surface area contributed by atoms with Gasteiger partial charge in [-0.25, -0.2) is 0 Å². The maximum absolute atomic E-state index is 11.3. The van der Waals surface area contributed by atoms with Crippen molar-refractivity contribution in [1.82, 2.24) is 5.32 Å². The van der Waals surface area contributed by atoms with Gasteiger partial charge in [-0.2, -0.15) is 0 Å². The van der Waals surface area contributed by atoms with E-state index in [-0.39, 0.29) is 5.91 Å². The van der Waals surface area contributed by atoms with Gasteiger partial charge in [0, 0.05) is 6.42 Å². The Kier molecular flexibility index (Phi) is 4.73. The molecule has 1 saturated carbocycles. The average molecular weight is 228 g/mol. The molecule has 1 amide bonds. The number of carboxylic acids is 1. The summed E-state index contributed by atoms with van der Waals surface area (Å²) in [6.07, 6.45) is 5.28. The van der Waals surface area contributed by atoms with Gasteiger partial charge in [-0.3, -0.25) is 9.59 Å². The number of aliphatic carboxylic acids is 1. The van der Waals surface area contributed by atoms with E-state index in [0.29, 0.717) is 32.2 Å². The summed E-state index contributed by atoms with van der Waals surface area (Å²) < 4.78 is 0. The van der Waals surface area contributed by atoms with E-state index < -0.39 is 11.5 Å². The van der Waals surface area contributed by atoms with E-state index in [4.69, 9.17) is 5.73 Å². The van der Waals surface area contributed by atoms with E-state index in [1.165, 1.54) is 0 Å². The number of carboxylic acid groups (broad SMARTS) is 1. The fourth-order valence-electron chi connectivity index (χ4n) is 2.21. The van der Waals surface area contributed by atoms with Crippen LogP contribution in [0.15, 0.2) is 0 Å². The Balaban J connectivity index is 2.39. The Morgan fingerprint density at radius 3 is 2.38 bits per heavy atom. The number of nitrogens with two attached hydrogens (primary N) is 1. The van der Waals surface area contributed by atoms with Crippen molar-refractivity contribution in [3.05, 3.63) is 0 Å². The Morgan fingerprint density at radius 2 is 1.88 bits per heavy atom. The predicted octanol–water partition coefficient (Wildman–Crippen LogP) is 0.629. The number of rotatable bonds is 6. The highest BCUT2D eigenvalue weighted by Crippen LogP contribution is 2.28. The Hall–Kier alpha value is -1.10. The molecule has 1 aliphatic rings. The molecule has 1 rings (SSSR count). The van der Waals surface area contributed by atoms with E-state index in [1.807, 2.05) is 0 Å². The third-order valence-electron chi connectivity index (χ3n) is 3.18. The smallest absolute Gasteiger partial charge is 0.323 e. The van der Waals surface area contributed by atoms with Gasteiger partial charge >= 0.3 is 5.97 Å². The van der Waals surface area contributed by atoms with E-state index >= 15 is 0 Å². The van der Waals surface area contributed by atoms with Gasteiger partial charge < -0.3 is 16.2 Å². The summed E-state index contributed by atoms with van der Waals surface area (Å²) in [7, 11) is 0. The zero-order valence-electron chi connectivity index (χ0n) is 9.50. The summed E-state index contributed by atoms with van der Waals surface area (Å²) in [5.41, 5.74) is 4.25. The van der Waals surface area contributed by atoms with Crippen LogP contribution < -0.4 is 11.1 Å². The molecule has 0 atom stereocenters. The van der Waals surface area contributed by atoms with Crippen molar-refractivity contribution in [3.63, 3.8) is 0 Å². The Bertz CT molecular complexity index is 260. The highest BCUT2D eigenvalue weighted by molar-refractivity contribution is 5.79. The molecule has 0 aromatic carbocycles. The molecule has 0 aliphatic heterocycles. The van der Waals surface area contributed by atoms with Gasteiger partial charge in [0.2, 0.25) is 5.91 Å². The van der Waals surface area contributed by atoms with Gasteiger partial charge in [-0.15, -0.1) is 0 Å². The molecule has 1 aliphatic carbocycles. The van der Waals surface area contributed by atoms with Crippen molar-refractivity contribution in [1.29, 1.82) is 0 Å². The Morgan fingerprint density at radius 1 is 1.25 bits per heavy atom. The predicted molar refractivity (Wildman–Crippen MR) is 59.9 cm³/mol. The standard InChI is InChI=1S/C11H20N2O3/c12-9(14)5-4-8-13-11(10(15)16)6-2-1-3-7-11/h13H,1-8H2,(H2,12,14)(H,15,16). The second-order valence-electron chi connectivity index (χ2n) is 4.44. The number of hydrogen-bond donors (Lipinski definition) is 3. The van der Waals surface area contributed by atoms with Crippen LogP contribution in [0, 0.1) is 0 Å².